The second-order valence-electron chi connectivity index (χ2n) is 5.56. The average Bonchev–Trinajstić information content (AvgIpc) is 3.08. The molecule has 0 aromatic carbocycles. The molecule has 0 radical (unpaired) electrons. The van der Waals surface area contributed by atoms with E-state index in [1.54, 1.807) is 24.1 Å². The summed E-state index contributed by atoms with van der Waals surface area (Å²) in [5.41, 5.74) is 0.770. The Kier molecular flexibility index (Phi) is 8.12. The van der Waals surface area contributed by atoms with Crippen LogP contribution in [0.1, 0.15) is 30.9 Å². The molecule has 1 aliphatic carbocycles. The number of halogens is 1. The third-order valence-electron chi connectivity index (χ3n) is 3.95. The van der Waals surface area contributed by atoms with Gasteiger partial charge in [-0.1, -0.05) is 6.42 Å². The Bertz CT molecular complexity index is 480. The lowest BCUT2D eigenvalue weighted by atomic mass is 10.1. The van der Waals surface area contributed by atoms with E-state index < -0.39 is 6.10 Å². The molecule has 0 spiro atoms. The standard InChI is InChI=1S/C14H25N5O2.HI/c1-15-14(16-6-10-4-3-5-12(10)20)17-8-13(21)11-7-18-19(2)9-11;/h7,9-10,12-13,20-21H,3-6,8H2,1-2H3,(H2,15,16,17);1H. The molecular formula is C14H26IN5O2. The van der Waals surface area contributed by atoms with E-state index in [1.165, 1.54) is 0 Å². The van der Waals surface area contributed by atoms with Crippen molar-refractivity contribution in [3.05, 3.63) is 18.0 Å². The smallest absolute Gasteiger partial charge is 0.191 e. The monoisotopic (exact) mass is 423 g/mol. The van der Waals surface area contributed by atoms with Gasteiger partial charge in [-0.05, 0) is 12.8 Å². The summed E-state index contributed by atoms with van der Waals surface area (Å²) in [6.45, 7) is 1.06. The number of aliphatic hydroxyl groups is 2. The third-order valence-corrected chi connectivity index (χ3v) is 3.95. The summed E-state index contributed by atoms with van der Waals surface area (Å²) >= 11 is 0. The van der Waals surface area contributed by atoms with Crippen molar-refractivity contribution in [2.24, 2.45) is 18.0 Å². The molecule has 1 aliphatic rings. The first-order chi connectivity index (χ1) is 10.1. The topological polar surface area (TPSA) is 94.7 Å². The third kappa shape index (κ3) is 5.40. The second-order valence-corrected chi connectivity index (χ2v) is 5.56. The number of aryl methyl sites for hydroxylation is 1. The largest absolute Gasteiger partial charge is 0.393 e. The summed E-state index contributed by atoms with van der Waals surface area (Å²) in [7, 11) is 3.51. The van der Waals surface area contributed by atoms with Crippen molar-refractivity contribution in [2.45, 2.75) is 31.5 Å². The molecule has 22 heavy (non-hydrogen) atoms. The number of rotatable bonds is 5. The fourth-order valence-electron chi connectivity index (χ4n) is 2.63. The van der Waals surface area contributed by atoms with Gasteiger partial charge in [0, 0.05) is 44.9 Å². The van der Waals surface area contributed by atoms with Gasteiger partial charge >= 0.3 is 0 Å². The zero-order valence-corrected chi connectivity index (χ0v) is 15.4. The Morgan fingerprint density at radius 3 is 2.82 bits per heavy atom. The number of aliphatic hydroxyl groups excluding tert-OH is 2. The van der Waals surface area contributed by atoms with Gasteiger partial charge in [0.25, 0.3) is 0 Å². The van der Waals surface area contributed by atoms with Crippen LogP contribution >= 0.6 is 24.0 Å². The second kappa shape index (κ2) is 9.31. The Morgan fingerprint density at radius 1 is 1.50 bits per heavy atom. The lowest BCUT2D eigenvalue weighted by Crippen LogP contribution is -2.42. The van der Waals surface area contributed by atoms with Crippen molar-refractivity contribution >= 4 is 29.9 Å². The minimum absolute atomic E-state index is 0. The number of hydrogen-bond donors (Lipinski definition) is 4. The molecule has 1 saturated carbocycles. The molecule has 0 saturated heterocycles. The van der Waals surface area contributed by atoms with Crippen molar-refractivity contribution in [1.29, 1.82) is 0 Å². The van der Waals surface area contributed by atoms with Gasteiger partial charge in [0.05, 0.1) is 18.4 Å². The van der Waals surface area contributed by atoms with Gasteiger partial charge in [-0.2, -0.15) is 5.10 Å². The maximum atomic E-state index is 10.1. The number of aliphatic imine (C=N–C) groups is 1. The number of guanidine groups is 1. The van der Waals surface area contributed by atoms with Crippen LogP contribution in [0.2, 0.25) is 0 Å². The first-order valence-electron chi connectivity index (χ1n) is 7.39. The van der Waals surface area contributed by atoms with Gasteiger partial charge in [-0.15, -0.1) is 24.0 Å². The molecule has 0 aliphatic heterocycles. The molecule has 8 heteroatoms. The SMILES string of the molecule is CN=C(NCC(O)c1cnn(C)c1)NCC1CCCC1O.I. The molecule has 0 amide bonds. The molecule has 3 unspecified atom stereocenters. The molecular weight excluding hydrogens is 397 g/mol. The minimum atomic E-state index is -0.630. The van der Waals surface area contributed by atoms with E-state index in [0.717, 1.165) is 24.8 Å². The lowest BCUT2D eigenvalue weighted by molar-refractivity contribution is 0.134. The summed E-state index contributed by atoms with van der Waals surface area (Å²) in [6, 6.07) is 0. The molecule has 4 N–H and O–H groups in total. The Balaban J connectivity index is 0.00000242. The molecule has 7 nitrogen and oxygen atoms in total. The van der Waals surface area contributed by atoms with Crippen LogP contribution in [0, 0.1) is 5.92 Å². The molecule has 126 valence electrons. The summed E-state index contributed by atoms with van der Waals surface area (Å²) in [5.74, 6) is 0.920. The Morgan fingerprint density at radius 2 is 2.27 bits per heavy atom. The quantitative estimate of drug-likeness (QED) is 0.313. The van der Waals surface area contributed by atoms with Crippen molar-refractivity contribution < 1.29 is 10.2 Å². The normalized spacial score (nSPS) is 23.0. The summed E-state index contributed by atoms with van der Waals surface area (Å²) in [6.07, 6.45) is 5.61. The van der Waals surface area contributed by atoms with E-state index in [9.17, 15) is 10.2 Å². The maximum Gasteiger partial charge on any atom is 0.191 e. The summed E-state index contributed by atoms with van der Waals surface area (Å²) in [4.78, 5) is 4.13. The molecule has 3 atom stereocenters. The number of nitrogens with one attached hydrogen (secondary N) is 2. The first-order valence-corrected chi connectivity index (χ1v) is 7.39. The number of nitrogens with zero attached hydrogens (tertiary/aromatic N) is 3. The van der Waals surface area contributed by atoms with Gasteiger partial charge < -0.3 is 20.8 Å². The van der Waals surface area contributed by atoms with E-state index in [4.69, 9.17) is 0 Å². The van der Waals surface area contributed by atoms with Crippen LogP contribution < -0.4 is 10.6 Å². The highest BCUT2D eigenvalue weighted by molar-refractivity contribution is 14.0. The lowest BCUT2D eigenvalue weighted by Gasteiger charge is -2.18. The van der Waals surface area contributed by atoms with E-state index >= 15 is 0 Å². The van der Waals surface area contributed by atoms with Crippen LogP contribution in [0.15, 0.2) is 17.4 Å². The summed E-state index contributed by atoms with van der Waals surface area (Å²) < 4.78 is 1.66. The highest BCUT2D eigenvalue weighted by atomic mass is 127. The van der Waals surface area contributed by atoms with Crippen LogP contribution in [-0.4, -0.2) is 52.2 Å². The first kappa shape index (κ1) is 19.2. The maximum absolute atomic E-state index is 10.1. The van der Waals surface area contributed by atoms with E-state index in [-0.39, 0.29) is 36.0 Å². The van der Waals surface area contributed by atoms with Crippen LogP contribution in [0.5, 0.6) is 0 Å². The fourth-order valence-corrected chi connectivity index (χ4v) is 2.63. The van der Waals surface area contributed by atoms with Crippen LogP contribution in [-0.2, 0) is 7.05 Å². The van der Waals surface area contributed by atoms with Gasteiger partial charge in [-0.3, -0.25) is 9.67 Å². The predicted molar refractivity (Wildman–Crippen MR) is 96.3 cm³/mol. The molecule has 0 bridgehead atoms. The minimum Gasteiger partial charge on any atom is -0.393 e. The molecule has 1 heterocycles. The Hall–Kier alpha value is -0.870. The van der Waals surface area contributed by atoms with Crippen molar-refractivity contribution in [3.8, 4) is 0 Å². The van der Waals surface area contributed by atoms with Crippen molar-refractivity contribution in [1.82, 2.24) is 20.4 Å². The Labute approximate surface area is 148 Å². The van der Waals surface area contributed by atoms with Crippen molar-refractivity contribution in [2.75, 3.05) is 20.1 Å². The number of hydrogen-bond acceptors (Lipinski definition) is 4. The summed E-state index contributed by atoms with van der Waals surface area (Å²) in [5, 5.41) is 30.2. The van der Waals surface area contributed by atoms with Gasteiger partial charge in [-0.25, -0.2) is 0 Å². The van der Waals surface area contributed by atoms with Crippen molar-refractivity contribution in [3.63, 3.8) is 0 Å². The zero-order valence-electron chi connectivity index (χ0n) is 13.1. The van der Waals surface area contributed by atoms with E-state index in [0.29, 0.717) is 19.0 Å². The highest BCUT2D eigenvalue weighted by Gasteiger charge is 2.25. The molecule has 1 aromatic rings. The molecule has 1 aromatic heterocycles. The van der Waals surface area contributed by atoms with Crippen LogP contribution in [0.25, 0.3) is 0 Å². The average molecular weight is 423 g/mol. The van der Waals surface area contributed by atoms with E-state index in [2.05, 4.69) is 20.7 Å². The number of aromatic nitrogens is 2. The van der Waals surface area contributed by atoms with E-state index in [1.807, 2.05) is 7.05 Å². The fraction of sp³-hybridized carbons (Fsp3) is 0.714. The zero-order chi connectivity index (χ0) is 15.2. The highest BCUT2D eigenvalue weighted by Crippen LogP contribution is 2.24. The van der Waals surface area contributed by atoms with Gasteiger partial charge in [0.15, 0.2) is 5.96 Å². The van der Waals surface area contributed by atoms with Gasteiger partial charge in [0.1, 0.15) is 0 Å². The van der Waals surface area contributed by atoms with Crippen LogP contribution in [0.4, 0.5) is 0 Å². The predicted octanol–water partition coefficient (Wildman–Crippen LogP) is 0.397. The molecule has 1 fully saturated rings. The van der Waals surface area contributed by atoms with Crippen LogP contribution in [0.3, 0.4) is 0 Å². The van der Waals surface area contributed by atoms with Gasteiger partial charge in [0.2, 0.25) is 0 Å². The molecule has 2 rings (SSSR count).